The Morgan fingerprint density at radius 1 is 1.16 bits per heavy atom. The van der Waals surface area contributed by atoms with Crippen molar-refractivity contribution in [3.63, 3.8) is 0 Å². The lowest BCUT2D eigenvalue weighted by Crippen LogP contribution is -2.28. The molecule has 0 unspecified atom stereocenters. The van der Waals surface area contributed by atoms with Crippen LogP contribution in [0.15, 0.2) is 46.9 Å². The fourth-order valence-electron chi connectivity index (χ4n) is 2.65. The fourth-order valence-corrected chi connectivity index (χ4v) is 2.90. The molecule has 0 fully saturated rings. The largest absolute Gasteiger partial charge is 0.507 e. The van der Waals surface area contributed by atoms with Crippen molar-refractivity contribution in [3.8, 4) is 5.75 Å². The number of hydrogen-bond donors (Lipinski definition) is 1. The second-order valence-electron chi connectivity index (χ2n) is 4.94. The van der Waals surface area contributed by atoms with E-state index in [4.69, 9.17) is 0 Å². The number of rotatable bonds is 2. The van der Waals surface area contributed by atoms with Gasteiger partial charge in [-0.05, 0) is 58.1 Å². The monoisotopic (exact) mass is 317 g/mol. The number of phenolic OH excluding ortho intramolecular Hbond substituents is 1. The van der Waals surface area contributed by atoms with Gasteiger partial charge in [0.05, 0.1) is 4.47 Å². The summed E-state index contributed by atoms with van der Waals surface area (Å²) in [7, 11) is 0. The molecule has 0 saturated carbocycles. The van der Waals surface area contributed by atoms with Crippen molar-refractivity contribution in [2.45, 2.75) is 19.4 Å². The molecule has 1 aliphatic rings. The number of halogens is 1. The second kappa shape index (κ2) is 5.25. The first-order valence-corrected chi connectivity index (χ1v) is 7.33. The Balaban J connectivity index is 1.86. The number of benzene rings is 2. The highest BCUT2D eigenvalue weighted by Gasteiger charge is 2.16. The third-order valence-corrected chi connectivity index (χ3v) is 4.26. The summed E-state index contributed by atoms with van der Waals surface area (Å²) >= 11 is 3.32. The third-order valence-electron chi connectivity index (χ3n) is 3.59. The van der Waals surface area contributed by atoms with Gasteiger partial charge in [-0.1, -0.05) is 24.3 Å². The van der Waals surface area contributed by atoms with Gasteiger partial charge in [0.25, 0.3) is 0 Å². The molecule has 19 heavy (non-hydrogen) atoms. The van der Waals surface area contributed by atoms with Gasteiger partial charge in [-0.2, -0.15) is 0 Å². The summed E-state index contributed by atoms with van der Waals surface area (Å²) in [4.78, 5) is 2.39. The summed E-state index contributed by atoms with van der Waals surface area (Å²) < 4.78 is 0.746. The number of fused-ring (bicyclic) bond motifs is 1. The molecule has 0 atom stereocenters. The van der Waals surface area contributed by atoms with E-state index in [9.17, 15) is 5.11 Å². The van der Waals surface area contributed by atoms with E-state index in [1.807, 2.05) is 12.1 Å². The molecule has 0 aliphatic carbocycles. The number of nitrogens with zero attached hydrogens (tertiary/aromatic N) is 1. The highest BCUT2D eigenvalue weighted by molar-refractivity contribution is 9.10. The van der Waals surface area contributed by atoms with Gasteiger partial charge in [0, 0.05) is 18.8 Å². The molecule has 98 valence electrons. The van der Waals surface area contributed by atoms with Crippen LogP contribution in [-0.2, 0) is 13.0 Å². The zero-order valence-corrected chi connectivity index (χ0v) is 12.2. The molecule has 2 nitrogen and oxygen atoms in total. The molecule has 3 rings (SSSR count). The summed E-state index contributed by atoms with van der Waals surface area (Å²) in [6, 6.07) is 14.4. The topological polar surface area (TPSA) is 23.5 Å². The maximum Gasteiger partial charge on any atom is 0.130 e. The maximum absolute atomic E-state index is 9.76. The summed E-state index contributed by atoms with van der Waals surface area (Å²) in [6.45, 7) is 1.92. The molecule has 0 spiro atoms. The van der Waals surface area contributed by atoms with E-state index >= 15 is 0 Å². The van der Waals surface area contributed by atoms with Gasteiger partial charge >= 0.3 is 0 Å². The lowest BCUT2D eigenvalue weighted by Gasteiger charge is -2.31. The number of aryl methyl sites for hydroxylation is 1. The van der Waals surface area contributed by atoms with E-state index in [1.165, 1.54) is 17.7 Å². The van der Waals surface area contributed by atoms with Crippen LogP contribution in [0, 0.1) is 0 Å². The van der Waals surface area contributed by atoms with E-state index in [0.29, 0.717) is 5.75 Å². The highest BCUT2D eigenvalue weighted by atomic mass is 79.9. The Morgan fingerprint density at radius 2 is 2.00 bits per heavy atom. The first kappa shape index (κ1) is 12.5. The van der Waals surface area contributed by atoms with Crippen LogP contribution >= 0.6 is 15.9 Å². The van der Waals surface area contributed by atoms with Crippen LogP contribution < -0.4 is 4.90 Å². The van der Waals surface area contributed by atoms with Crippen molar-refractivity contribution in [2.24, 2.45) is 0 Å². The third kappa shape index (κ3) is 2.61. The summed E-state index contributed by atoms with van der Waals surface area (Å²) in [6.07, 6.45) is 2.36. The molecule has 1 aliphatic heterocycles. The van der Waals surface area contributed by atoms with E-state index in [0.717, 1.165) is 29.5 Å². The highest BCUT2D eigenvalue weighted by Crippen LogP contribution is 2.30. The van der Waals surface area contributed by atoms with Crippen LogP contribution in [0.4, 0.5) is 5.69 Å². The van der Waals surface area contributed by atoms with Gasteiger partial charge < -0.3 is 10.0 Å². The number of aromatic hydroxyl groups is 1. The molecule has 0 saturated heterocycles. The van der Waals surface area contributed by atoms with Crippen LogP contribution in [0.5, 0.6) is 5.75 Å². The number of para-hydroxylation sites is 1. The SMILES string of the molecule is Oc1cc(CN2CCCc3ccccc32)ccc1Br. The number of anilines is 1. The average Bonchev–Trinajstić information content (AvgIpc) is 2.43. The van der Waals surface area contributed by atoms with Crippen LogP contribution in [0.25, 0.3) is 0 Å². The average molecular weight is 318 g/mol. The predicted molar refractivity (Wildman–Crippen MR) is 81.6 cm³/mol. The molecule has 1 N–H and O–H groups in total. The van der Waals surface area contributed by atoms with Crippen LogP contribution in [0.2, 0.25) is 0 Å². The van der Waals surface area contributed by atoms with Gasteiger partial charge in [-0.3, -0.25) is 0 Å². The smallest absolute Gasteiger partial charge is 0.130 e. The van der Waals surface area contributed by atoms with Gasteiger partial charge in [-0.25, -0.2) is 0 Å². The van der Waals surface area contributed by atoms with Gasteiger partial charge in [-0.15, -0.1) is 0 Å². The zero-order chi connectivity index (χ0) is 13.2. The van der Waals surface area contributed by atoms with Crippen LogP contribution in [0.3, 0.4) is 0 Å². The summed E-state index contributed by atoms with van der Waals surface area (Å²) in [5.41, 5.74) is 3.89. The molecule has 2 aromatic carbocycles. The molecule has 0 aromatic heterocycles. The molecule has 1 heterocycles. The zero-order valence-electron chi connectivity index (χ0n) is 10.6. The van der Waals surface area contributed by atoms with Crippen molar-refractivity contribution in [3.05, 3.63) is 58.1 Å². The lowest BCUT2D eigenvalue weighted by atomic mass is 10.0. The van der Waals surface area contributed by atoms with Crippen molar-refractivity contribution in [1.29, 1.82) is 0 Å². The van der Waals surface area contributed by atoms with E-state index in [-0.39, 0.29) is 0 Å². The minimum absolute atomic E-state index is 0.308. The number of phenols is 1. The van der Waals surface area contributed by atoms with Gasteiger partial charge in [0.15, 0.2) is 0 Å². The van der Waals surface area contributed by atoms with Crippen LogP contribution in [-0.4, -0.2) is 11.7 Å². The van der Waals surface area contributed by atoms with E-state index < -0.39 is 0 Å². The second-order valence-corrected chi connectivity index (χ2v) is 5.79. The van der Waals surface area contributed by atoms with E-state index in [1.54, 1.807) is 0 Å². The summed E-state index contributed by atoms with van der Waals surface area (Å²) in [5, 5.41) is 9.76. The van der Waals surface area contributed by atoms with Gasteiger partial charge in [0.1, 0.15) is 5.75 Å². The summed E-state index contributed by atoms with van der Waals surface area (Å²) in [5.74, 6) is 0.308. The normalized spacial score (nSPS) is 14.3. The van der Waals surface area contributed by atoms with E-state index in [2.05, 4.69) is 51.2 Å². The predicted octanol–water partition coefficient (Wildman–Crippen LogP) is 4.11. The molecule has 0 bridgehead atoms. The molecular formula is C16H16BrNO. The Labute approximate surface area is 121 Å². The molecule has 3 heteroatoms. The minimum atomic E-state index is 0.308. The first-order valence-electron chi connectivity index (χ1n) is 6.54. The van der Waals surface area contributed by atoms with Crippen molar-refractivity contribution in [1.82, 2.24) is 0 Å². The van der Waals surface area contributed by atoms with Crippen molar-refractivity contribution in [2.75, 3.05) is 11.4 Å². The minimum Gasteiger partial charge on any atom is -0.507 e. The molecule has 2 aromatic rings. The quantitative estimate of drug-likeness (QED) is 0.901. The fraction of sp³-hybridized carbons (Fsp3) is 0.250. The Bertz CT molecular complexity index is 597. The van der Waals surface area contributed by atoms with Crippen molar-refractivity contribution >= 4 is 21.6 Å². The Kier molecular flexibility index (Phi) is 3.47. The first-order chi connectivity index (χ1) is 9.24. The standard InChI is InChI=1S/C16H16BrNO/c17-14-8-7-12(10-16(14)19)11-18-9-3-5-13-4-1-2-6-15(13)18/h1-2,4,6-8,10,19H,3,5,9,11H2. The molecule has 0 radical (unpaired) electrons. The Morgan fingerprint density at radius 3 is 2.84 bits per heavy atom. The van der Waals surface area contributed by atoms with Crippen LogP contribution in [0.1, 0.15) is 17.5 Å². The van der Waals surface area contributed by atoms with Gasteiger partial charge in [0.2, 0.25) is 0 Å². The molecular weight excluding hydrogens is 302 g/mol. The lowest BCUT2D eigenvalue weighted by molar-refractivity contribution is 0.471. The maximum atomic E-state index is 9.76. The number of hydrogen-bond acceptors (Lipinski definition) is 2. The molecule has 0 amide bonds. The Hall–Kier alpha value is -1.48. The van der Waals surface area contributed by atoms with Crippen molar-refractivity contribution < 1.29 is 5.11 Å².